The summed E-state index contributed by atoms with van der Waals surface area (Å²) in [4.78, 5) is 43.2. The lowest BCUT2D eigenvalue weighted by atomic mass is 10.1. The summed E-state index contributed by atoms with van der Waals surface area (Å²) < 4.78 is 69.2. The number of sulfonamides is 1. The maximum atomic E-state index is 13.5. The molecule has 1 aliphatic rings. The van der Waals surface area contributed by atoms with Gasteiger partial charge >= 0.3 is 6.18 Å². The van der Waals surface area contributed by atoms with Crippen LogP contribution < -0.4 is 10.3 Å². The second-order valence-electron chi connectivity index (χ2n) is 10.6. The summed E-state index contributed by atoms with van der Waals surface area (Å²) in [5, 5.41) is 16.7. The molecule has 0 saturated carbocycles. The minimum absolute atomic E-state index is 0.0550. The summed E-state index contributed by atoms with van der Waals surface area (Å²) in [7, 11) is -3.35. The molecule has 0 saturated heterocycles. The molecule has 0 fully saturated rings. The van der Waals surface area contributed by atoms with Gasteiger partial charge < -0.3 is 5.21 Å². The fourth-order valence-corrected chi connectivity index (χ4v) is 5.68. The van der Waals surface area contributed by atoms with Gasteiger partial charge in [-0.25, -0.2) is 33.0 Å². The Hall–Kier alpha value is -4.98. The van der Waals surface area contributed by atoms with Crippen molar-refractivity contribution < 1.29 is 40.8 Å². The standard InChI is InChI=1S/C30H27F3N7O7S/c1-18-8-10-20(11-9-18)25-16-26(30(31,32)33)34-39(25)21-12-14-22(15-13-21)48(45,46)35-27(41)17-37(3)40(44)36-47-19(2)38-28(42)23-6-4-5-7-24(23)29(38)43/h4-16,19,36H,17H2,1-3H3,(H,35,41)/q-1. The molecule has 0 radical (unpaired) electrons. The SMILES string of the molecule is Cc1ccc(-c2cc(C(F)(F)F)nn2-c2ccc(S(=O)(=O)NC(=O)CN(C)N([O-])NOC(C)N3C(=O)c4ccccc4C3=O)cc2)cc1. The number of aryl methyl sites for hydroxylation is 1. The van der Waals surface area contributed by atoms with Crippen LogP contribution in [0.2, 0.25) is 0 Å². The van der Waals surface area contributed by atoms with Crippen LogP contribution in [0.4, 0.5) is 13.2 Å². The molecule has 1 aliphatic heterocycles. The van der Waals surface area contributed by atoms with Crippen LogP contribution in [0.25, 0.3) is 16.9 Å². The van der Waals surface area contributed by atoms with Gasteiger partial charge in [-0.2, -0.15) is 18.3 Å². The number of fused-ring (bicyclic) bond motifs is 1. The van der Waals surface area contributed by atoms with E-state index in [0.29, 0.717) is 10.6 Å². The van der Waals surface area contributed by atoms with Crippen LogP contribution in [-0.4, -0.2) is 70.9 Å². The van der Waals surface area contributed by atoms with Crippen LogP contribution in [0.5, 0.6) is 0 Å². The van der Waals surface area contributed by atoms with E-state index in [1.54, 1.807) is 41.1 Å². The number of aromatic nitrogens is 2. The first-order valence-corrected chi connectivity index (χ1v) is 15.5. The Balaban J connectivity index is 1.20. The van der Waals surface area contributed by atoms with Crippen molar-refractivity contribution in [2.24, 2.45) is 0 Å². The number of carbonyl (C=O) groups is 3. The molecule has 1 aromatic heterocycles. The summed E-state index contributed by atoms with van der Waals surface area (Å²) in [5.74, 6) is -2.38. The van der Waals surface area contributed by atoms with Gasteiger partial charge in [0, 0.05) is 12.6 Å². The van der Waals surface area contributed by atoms with Crippen molar-refractivity contribution in [2.45, 2.75) is 31.1 Å². The van der Waals surface area contributed by atoms with E-state index in [2.05, 4.69) is 5.10 Å². The number of hydrogen-bond acceptors (Lipinski definition) is 11. The second-order valence-corrected chi connectivity index (χ2v) is 12.3. The van der Waals surface area contributed by atoms with Crippen LogP contribution in [0.1, 0.15) is 38.9 Å². The van der Waals surface area contributed by atoms with Crippen LogP contribution in [-0.2, 0) is 25.8 Å². The van der Waals surface area contributed by atoms with Gasteiger partial charge in [0.15, 0.2) is 11.9 Å². The number of nitrogens with zero attached hydrogens (tertiary/aromatic N) is 5. The zero-order valence-electron chi connectivity index (χ0n) is 25.4. The van der Waals surface area contributed by atoms with Crippen LogP contribution >= 0.6 is 0 Å². The first-order valence-electron chi connectivity index (χ1n) is 14.0. The predicted octanol–water partition coefficient (Wildman–Crippen LogP) is 3.40. The van der Waals surface area contributed by atoms with Crippen molar-refractivity contribution in [2.75, 3.05) is 13.6 Å². The van der Waals surface area contributed by atoms with Crippen molar-refractivity contribution in [3.05, 3.63) is 106 Å². The quantitative estimate of drug-likeness (QED) is 0.175. The molecule has 14 nitrogen and oxygen atoms in total. The van der Waals surface area contributed by atoms with Crippen LogP contribution in [0.3, 0.4) is 0 Å². The van der Waals surface area contributed by atoms with E-state index in [0.717, 1.165) is 40.4 Å². The average molecular weight is 687 g/mol. The van der Waals surface area contributed by atoms with E-state index in [4.69, 9.17) is 4.84 Å². The first-order chi connectivity index (χ1) is 22.6. The molecule has 4 aromatic rings. The lowest BCUT2D eigenvalue weighted by Gasteiger charge is -2.37. The number of likely N-dealkylation sites (N-methyl/N-ethyl adjacent to an activating group) is 1. The Labute approximate surface area is 271 Å². The predicted molar refractivity (Wildman–Crippen MR) is 163 cm³/mol. The molecule has 3 aromatic carbocycles. The Morgan fingerprint density at radius 3 is 2.15 bits per heavy atom. The molecule has 5 rings (SSSR count). The van der Waals surface area contributed by atoms with E-state index >= 15 is 0 Å². The number of hydrazine groups is 2. The molecule has 252 valence electrons. The average Bonchev–Trinajstić information content (AvgIpc) is 3.60. The normalized spacial score (nSPS) is 14.1. The molecule has 2 N–H and O–H groups in total. The number of imide groups is 1. The lowest BCUT2D eigenvalue weighted by Crippen LogP contribution is -2.52. The number of alkyl halides is 3. The zero-order valence-corrected chi connectivity index (χ0v) is 26.2. The maximum absolute atomic E-state index is 13.5. The fraction of sp³-hybridized carbons (Fsp3) is 0.200. The highest BCUT2D eigenvalue weighted by molar-refractivity contribution is 7.90. The second kappa shape index (κ2) is 13.3. The third-order valence-electron chi connectivity index (χ3n) is 7.16. The summed E-state index contributed by atoms with van der Waals surface area (Å²) in [5.41, 5.74) is 2.71. The lowest BCUT2D eigenvalue weighted by molar-refractivity contribution is -0.191. The van der Waals surface area contributed by atoms with Crippen molar-refractivity contribution in [3.63, 3.8) is 0 Å². The first kappa shape index (κ1) is 34.4. The van der Waals surface area contributed by atoms with E-state index in [-0.39, 0.29) is 27.8 Å². The number of halogens is 3. The summed E-state index contributed by atoms with van der Waals surface area (Å²) >= 11 is 0. The van der Waals surface area contributed by atoms with Crippen molar-refractivity contribution in [1.29, 1.82) is 0 Å². The molecular weight excluding hydrogens is 659 g/mol. The van der Waals surface area contributed by atoms with Crippen molar-refractivity contribution >= 4 is 27.7 Å². The molecule has 0 spiro atoms. The number of amides is 3. The van der Waals surface area contributed by atoms with Crippen LogP contribution in [0, 0.1) is 12.1 Å². The van der Waals surface area contributed by atoms with Gasteiger partial charge in [-0.05, 0) is 56.3 Å². The minimum Gasteiger partial charge on any atom is -0.756 e. The number of hydrogen-bond donors (Lipinski definition) is 2. The third-order valence-corrected chi connectivity index (χ3v) is 8.55. The number of carbonyl (C=O) groups excluding carboxylic acids is 3. The van der Waals surface area contributed by atoms with Crippen molar-refractivity contribution in [3.8, 4) is 16.9 Å². The van der Waals surface area contributed by atoms with E-state index < -0.39 is 57.3 Å². The smallest absolute Gasteiger partial charge is 0.435 e. The van der Waals surface area contributed by atoms with Gasteiger partial charge in [-0.3, -0.25) is 19.2 Å². The Morgan fingerprint density at radius 1 is 1.00 bits per heavy atom. The molecule has 0 aliphatic carbocycles. The monoisotopic (exact) mass is 686 g/mol. The van der Waals surface area contributed by atoms with Gasteiger partial charge in [0.05, 0.1) is 33.9 Å². The number of rotatable bonds is 11. The summed E-state index contributed by atoms with van der Waals surface area (Å²) in [6, 6.07) is 18.3. The molecule has 18 heteroatoms. The van der Waals surface area contributed by atoms with Gasteiger partial charge in [-0.1, -0.05) is 42.0 Å². The van der Waals surface area contributed by atoms with Gasteiger partial charge in [0.2, 0.25) is 5.91 Å². The largest absolute Gasteiger partial charge is 0.756 e. The topological polar surface area (TPSA) is 169 Å². The van der Waals surface area contributed by atoms with E-state index in [9.17, 15) is 41.2 Å². The zero-order chi connectivity index (χ0) is 35.0. The third kappa shape index (κ3) is 7.13. The van der Waals surface area contributed by atoms with Gasteiger partial charge in [-0.15, -0.1) is 5.59 Å². The maximum Gasteiger partial charge on any atom is 0.435 e. The van der Waals surface area contributed by atoms with E-state index in [1.165, 1.54) is 31.2 Å². The van der Waals surface area contributed by atoms with Gasteiger partial charge in [0.1, 0.15) is 0 Å². The Morgan fingerprint density at radius 2 is 1.58 bits per heavy atom. The van der Waals surface area contributed by atoms with Crippen LogP contribution in [0.15, 0.2) is 83.8 Å². The molecule has 1 unspecified atom stereocenters. The van der Waals surface area contributed by atoms with Gasteiger partial charge in [0.25, 0.3) is 21.8 Å². The van der Waals surface area contributed by atoms with Crippen molar-refractivity contribution in [1.82, 2.24) is 35.3 Å². The highest BCUT2D eigenvalue weighted by atomic mass is 32.2. The summed E-state index contributed by atoms with van der Waals surface area (Å²) in [6.07, 6.45) is -5.97. The molecule has 2 heterocycles. The number of benzene rings is 3. The molecule has 48 heavy (non-hydrogen) atoms. The fourth-order valence-electron chi connectivity index (χ4n) is 4.71. The highest BCUT2D eigenvalue weighted by Crippen LogP contribution is 2.33. The molecule has 3 amide bonds. The molecule has 0 bridgehead atoms. The highest BCUT2D eigenvalue weighted by Gasteiger charge is 2.39. The summed E-state index contributed by atoms with van der Waals surface area (Å²) in [6.45, 7) is 2.37. The molecule has 1 atom stereocenters. The van der Waals surface area contributed by atoms with E-state index in [1.807, 2.05) is 12.5 Å². The minimum atomic E-state index is -4.73. The molecular formula is C30H27F3N7O7S-. The Bertz CT molecular complexity index is 1930. The number of nitrogens with one attached hydrogen (secondary N) is 2. The Kier molecular flexibility index (Phi) is 9.49.